The van der Waals surface area contributed by atoms with Crippen molar-refractivity contribution >= 4 is 5.91 Å². The monoisotopic (exact) mass is 212 g/mol. The summed E-state index contributed by atoms with van der Waals surface area (Å²) in [6.45, 7) is 5.14. The second-order valence-corrected chi connectivity index (χ2v) is 4.63. The van der Waals surface area contributed by atoms with Crippen molar-refractivity contribution in [2.45, 2.75) is 32.3 Å². The lowest BCUT2D eigenvalue weighted by molar-refractivity contribution is -0.134. The molecule has 0 aromatic carbocycles. The van der Waals surface area contributed by atoms with E-state index in [2.05, 4.69) is 17.6 Å². The van der Waals surface area contributed by atoms with Gasteiger partial charge in [0.2, 0.25) is 5.91 Å². The summed E-state index contributed by atoms with van der Waals surface area (Å²) in [5.41, 5.74) is 0.414. The van der Waals surface area contributed by atoms with Gasteiger partial charge < -0.3 is 15.4 Å². The van der Waals surface area contributed by atoms with Crippen LogP contribution in [0.2, 0.25) is 0 Å². The molecule has 1 aliphatic carbocycles. The highest BCUT2D eigenvalue weighted by molar-refractivity contribution is 5.81. The number of ether oxygens (including phenoxy) is 1. The van der Waals surface area contributed by atoms with E-state index < -0.39 is 0 Å². The third-order valence-corrected chi connectivity index (χ3v) is 3.56. The van der Waals surface area contributed by atoms with Crippen LogP contribution < -0.4 is 10.6 Å². The van der Waals surface area contributed by atoms with Gasteiger partial charge in [-0.2, -0.15) is 0 Å². The minimum Gasteiger partial charge on any atom is -0.366 e. The van der Waals surface area contributed by atoms with Crippen LogP contribution in [0.1, 0.15) is 26.2 Å². The Hall–Kier alpha value is -0.610. The first-order chi connectivity index (χ1) is 7.26. The van der Waals surface area contributed by atoms with Gasteiger partial charge in [0, 0.05) is 19.6 Å². The van der Waals surface area contributed by atoms with Crippen molar-refractivity contribution < 1.29 is 9.53 Å². The van der Waals surface area contributed by atoms with Gasteiger partial charge in [0.15, 0.2) is 0 Å². The number of rotatable bonds is 4. The lowest BCUT2D eigenvalue weighted by Gasteiger charge is -2.23. The van der Waals surface area contributed by atoms with E-state index in [4.69, 9.17) is 4.74 Å². The molecule has 0 spiro atoms. The van der Waals surface area contributed by atoms with Gasteiger partial charge in [0.25, 0.3) is 0 Å². The van der Waals surface area contributed by atoms with E-state index in [0.717, 1.165) is 19.5 Å². The quantitative estimate of drug-likeness (QED) is 0.704. The molecule has 1 aliphatic heterocycles. The molecule has 2 aliphatic rings. The van der Waals surface area contributed by atoms with Crippen LogP contribution in [0, 0.1) is 5.41 Å². The van der Waals surface area contributed by atoms with Gasteiger partial charge in [0.05, 0.1) is 6.61 Å². The first-order valence-corrected chi connectivity index (χ1v) is 5.86. The summed E-state index contributed by atoms with van der Waals surface area (Å²) in [7, 11) is 0. The molecular weight excluding hydrogens is 192 g/mol. The van der Waals surface area contributed by atoms with Crippen molar-refractivity contribution in [3.05, 3.63) is 0 Å². The molecule has 1 atom stereocenters. The molecule has 1 amide bonds. The van der Waals surface area contributed by atoms with Crippen LogP contribution in [-0.2, 0) is 9.53 Å². The summed E-state index contributed by atoms with van der Waals surface area (Å²) >= 11 is 0. The smallest absolute Gasteiger partial charge is 0.250 e. The Kier molecular flexibility index (Phi) is 3.26. The van der Waals surface area contributed by atoms with Gasteiger partial charge in [-0.25, -0.2) is 0 Å². The van der Waals surface area contributed by atoms with E-state index >= 15 is 0 Å². The number of amides is 1. The third-order valence-electron chi connectivity index (χ3n) is 3.56. The molecule has 0 bridgehead atoms. The largest absolute Gasteiger partial charge is 0.366 e. The van der Waals surface area contributed by atoms with Crippen molar-refractivity contribution in [3.8, 4) is 0 Å². The van der Waals surface area contributed by atoms with Crippen molar-refractivity contribution in [2.24, 2.45) is 5.41 Å². The van der Waals surface area contributed by atoms with E-state index in [9.17, 15) is 4.79 Å². The predicted molar refractivity (Wildman–Crippen MR) is 57.6 cm³/mol. The molecule has 15 heavy (non-hydrogen) atoms. The normalized spacial score (nSPS) is 28.5. The van der Waals surface area contributed by atoms with Gasteiger partial charge in [-0.05, 0) is 24.7 Å². The highest BCUT2D eigenvalue weighted by Crippen LogP contribution is 2.47. The number of nitrogens with one attached hydrogen (secondary N) is 2. The molecular formula is C11H20N2O2. The lowest BCUT2D eigenvalue weighted by Crippen LogP contribution is -2.48. The van der Waals surface area contributed by atoms with Crippen LogP contribution in [0.3, 0.4) is 0 Å². The van der Waals surface area contributed by atoms with Crippen LogP contribution in [0.5, 0.6) is 0 Å². The molecule has 2 rings (SSSR count). The number of carbonyl (C=O) groups excluding carboxylic acids is 1. The second kappa shape index (κ2) is 4.49. The fourth-order valence-corrected chi connectivity index (χ4v) is 1.95. The number of hydrogen-bond donors (Lipinski definition) is 2. The molecule has 4 heteroatoms. The van der Waals surface area contributed by atoms with Crippen LogP contribution >= 0.6 is 0 Å². The van der Waals surface area contributed by atoms with Gasteiger partial charge in [-0.3, -0.25) is 4.79 Å². The number of carbonyl (C=O) groups is 1. The molecule has 0 aromatic rings. The highest BCUT2D eigenvalue weighted by Gasteiger charge is 2.41. The predicted octanol–water partition coefficient (Wildman–Crippen LogP) is 0.281. The molecule has 2 N–H and O–H groups in total. The number of morpholine rings is 1. The third kappa shape index (κ3) is 2.69. The molecule has 0 aromatic heterocycles. The van der Waals surface area contributed by atoms with Gasteiger partial charge in [-0.15, -0.1) is 0 Å². The Morgan fingerprint density at radius 1 is 1.60 bits per heavy atom. The average Bonchev–Trinajstić information content (AvgIpc) is 3.08. The van der Waals surface area contributed by atoms with Crippen molar-refractivity contribution in [2.75, 3.05) is 26.2 Å². The van der Waals surface area contributed by atoms with E-state index in [0.29, 0.717) is 18.6 Å². The standard InChI is InChI=1S/C11H20N2O2/c1-2-11(3-4-11)8-13-10(14)9-7-12-5-6-15-9/h9,12H,2-8H2,1H3,(H,13,14). The Morgan fingerprint density at radius 3 is 2.93 bits per heavy atom. The SMILES string of the molecule is CCC1(CNC(=O)C2CNCCO2)CC1. The van der Waals surface area contributed by atoms with E-state index in [1.54, 1.807) is 0 Å². The van der Waals surface area contributed by atoms with E-state index in [-0.39, 0.29) is 12.0 Å². The Bertz CT molecular complexity index is 233. The molecule has 1 unspecified atom stereocenters. The van der Waals surface area contributed by atoms with Crippen molar-refractivity contribution in [1.82, 2.24) is 10.6 Å². The van der Waals surface area contributed by atoms with Crippen LogP contribution in [0.15, 0.2) is 0 Å². The molecule has 4 nitrogen and oxygen atoms in total. The second-order valence-electron chi connectivity index (χ2n) is 4.63. The Balaban J connectivity index is 1.72. The first kappa shape index (κ1) is 10.9. The van der Waals surface area contributed by atoms with Crippen molar-refractivity contribution in [1.29, 1.82) is 0 Å². The van der Waals surface area contributed by atoms with Crippen LogP contribution in [0.4, 0.5) is 0 Å². The maximum Gasteiger partial charge on any atom is 0.250 e. The first-order valence-electron chi connectivity index (χ1n) is 5.86. The van der Waals surface area contributed by atoms with Gasteiger partial charge in [-0.1, -0.05) is 6.92 Å². The zero-order valence-electron chi connectivity index (χ0n) is 9.34. The fourth-order valence-electron chi connectivity index (χ4n) is 1.95. The average molecular weight is 212 g/mol. The Morgan fingerprint density at radius 2 is 2.40 bits per heavy atom. The highest BCUT2D eigenvalue weighted by atomic mass is 16.5. The minimum atomic E-state index is -0.286. The maximum absolute atomic E-state index is 11.7. The maximum atomic E-state index is 11.7. The van der Waals surface area contributed by atoms with E-state index in [1.165, 1.54) is 12.8 Å². The molecule has 1 saturated heterocycles. The zero-order valence-corrected chi connectivity index (χ0v) is 9.34. The van der Waals surface area contributed by atoms with E-state index in [1.807, 2.05) is 0 Å². The van der Waals surface area contributed by atoms with Gasteiger partial charge in [0.1, 0.15) is 6.10 Å². The summed E-state index contributed by atoms with van der Waals surface area (Å²) in [5, 5.41) is 6.16. The van der Waals surface area contributed by atoms with Crippen molar-refractivity contribution in [3.63, 3.8) is 0 Å². The molecule has 1 saturated carbocycles. The summed E-state index contributed by atoms with van der Waals surface area (Å²) in [4.78, 5) is 11.7. The summed E-state index contributed by atoms with van der Waals surface area (Å²) in [6, 6.07) is 0. The fraction of sp³-hybridized carbons (Fsp3) is 0.909. The van der Waals surface area contributed by atoms with Crippen LogP contribution in [-0.4, -0.2) is 38.3 Å². The summed E-state index contributed by atoms with van der Waals surface area (Å²) in [6.07, 6.45) is 3.39. The summed E-state index contributed by atoms with van der Waals surface area (Å²) < 4.78 is 5.38. The lowest BCUT2D eigenvalue weighted by atomic mass is 10.0. The topological polar surface area (TPSA) is 50.4 Å². The molecule has 86 valence electrons. The molecule has 2 fully saturated rings. The molecule has 0 radical (unpaired) electrons. The zero-order chi connectivity index (χ0) is 10.7. The number of hydrogen-bond acceptors (Lipinski definition) is 3. The van der Waals surface area contributed by atoms with Crippen LogP contribution in [0.25, 0.3) is 0 Å². The van der Waals surface area contributed by atoms with Gasteiger partial charge >= 0.3 is 0 Å². The molecule has 1 heterocycles. The minimum absolute atomic E-state index is 0.0434. The Labute approximate surface area is 90.8 Å². The summed E-state index contributed by atoms with van der Waals surface area (Å²) in [5.74, 6) is 0.0434.